The molecule has 3 heterocycles. The van der Waals surface area contributed by atoms with E-state index in [1.54, 1.807) is 29.2 Å². The van der Waals surface area contributed by atoms with E-state index < -0.39 is 15.9 Å². The highest BCUT2D eigenvalue weighted by molar-refractivity contribution is 7.91. The molecule has 0 aliphatic carbocycles. The van der Waals surface area contributed by atoms with E-state index in [0.717, 1.165) is 5.56 Å². The van der Waals surface area contributed by atoms with Crippen LogP contribution in [0.1, 0.15) is 5.56 Å². The molecule has 2 fully saturated rings. The summed E-state index contributed by atoms with van der Waals surface area (Å²) in [6, 6.07) is 11.9. The van der Waals surface area contributed by atoms with Gasteiger partial charge in [0.1, 0.15) is 0 Å². The third-order valence-corrected chi connectivity index (χ3v) is 7.54. The number of carbonyl (C=O) groups is 1. The number of anilines is 1. The fraction of sp³-hybridized carbons (Fsp3) is 0.350. The van der Waals surface area contributed by atoms with Gasteiger partial charge in [-0.1, -0.05) is 23.7 Å². The second kappa shape index (κ2) is 6.90. The van der Waals surface area contributed by atoms with Crippen LogP contribution in [-0.2, 0) is 21.2 Å². The molecule has 2 aromatic carbocycles. The summed E-state index contributed by atoms with van der Waals surface area (Å²) in [5, 5.41) is 0.510. The van der Waals surface area contributed by atoms with Crippen LogP contribution in [-0.4, -0.2) is 56.2 Å². The Morgan fingerprint density at radius 3 is 2.66 bits per heavy atom. The van der Waals surface area contributed by atoms with Crippen LogP contribution in [0.3, 0.4) is 0 Å². The summed E-state index contributed by atoms with van der Waals surface area (Å²) in [4.78, 5) is 16.6. The Bertz CT molecular complexity index is 1090. The number of amides is 1. The number of hydrogen-bond donors (Lipinski definition) is 0. The van der Waals surface area contributed by atoms with E-state index in [4.69, 9.17) is 21.1 Å². The van der Waals surface area contributed by atoms with Gasteiger partial charge in [0, 0.05) is 23.3 Å². The molecule has 0 N–H and O–H groups in total. The molecule has 3 aliphatic rings. The molecule has 2 aromatic rings. The first-order valence-corrected chi connectivity index (χ1v) is 11.5. The number of benzene rings is 2. The van der Waals surface area contributed by atoms with Gasteiger partial charge in [0.05, 0.1) is 24.1 Å². The number of hydrogen-bond acceptors (Lipinski definition) is 6. The quantitative estimate of drug-likeness (QED) is 0.736. The Labute approximate surface area is 173 Å². The molecule has 2 atom stereocenters. The van der Waals surface area contributed by atoms with E-state index in [1.165, 1.54) is 0 Å². The van der Waals surface area contributed by atoms with Crippen LogP contribution in [0.15, 0.2) is 42.5 Å². The van der Waals surface area contributed by atoms with Gasteiger partial charge in [-0.25, -0.2) is 8.42 Å². The highest BCUT2D eigenvalue weighted by atomic mass is 35.5. The predicted octanol–water partition coefficient (Wildman–Crippen LogP) is 2.08. The van der Waals surface area contributed by atoms with E-state index in [9.17, 15) is 13.2 Å². The van der Waals surface area contributed by atoms with Gasteiger partial charge in [0.15, 0.2) is 21.3 Å². The molecule has 29 heavy (non-hydrogen) atoms. The van der Waals surface area contributed by atoms with Gasteiger partial charge >= 0.3 is 0 Å². The lowest BCUT2D eigenvalue weighted by atomic mass is 10.0. The minimum absolute atomic E-state index is 0.0343. The molecule has 7 nitrogen and oxygen atoms in total. The average Bonchev–Trinajstić information content (AvgIpc) is 3.24. The van der Waals surface area contributed by atoms with Crippen molar-refractivity contribution >= 4 is 33.0 Å². The summed E-state index contributed by atoms with van der Waals surface area (Å²) in [6.45, 7) is 0.790. The molecular formula is C20H19ClN2O5S. The first-order valence-electron chi connectivity index (χ1n) is 9.30. The molecule has 2 saturated heterocycles. The number of nitrogens with zero attached hydrogens (tertiary/aromatic N) is 2. The number of piperazine rings is 1. The zero-order valence-electron chi connectivity index (χ0n) is 15.5. The summed E-state index contributed by atoms with van der Waals surface area (Å²) < 4.78 is 35.7. The maximum absolute atomic E-state index is 13.0. The van der Waals surface area contributed by atoms with Crippen LogP contribution in [0.25, 0.3) is 0 Å². The average molecular weight is 435 g/mol. The van der Waals surface area contributed by atoms with Crippen molar-refractivity contribution in [2.75, 3.05) is 29.7 Å². The summed E-state index contributed by atoms with van der Waals surface area (Å²) in [5.41, 5.74) is 1.58. The summed E-state index contributed by atoms with van der Waals surface area (Å²) in [5.74, 6) is 1.21. The molecule has 5 rings (SSSR count). The largest absolute Gasteiger partial charge is 0.454 e. The molecule has 0 aromatic heterocycles. The van der Waals surface area contributed by atoms with Crippen LogP contribution in [0.5, 0.6) is 11.5 Å². The van der Waals surface area contributed by atoms with Gasteiger partial charge in [-0.15, -0.1) is 0 Å². The van der Waals surface area contributed by atoms with Gasteiger partial charge in [0.2, 0.25) is 12.7 Å². The van der Waals surface area contributed by atoms with Gasteiger partial charge < -0.3 is 14.4 Å². The number of rotatable bonds is 3. The van der Waals surface area contributed by atoms with E-state index in [1.807, 2.05) is 23.1 Å². The Balaban J connectivity index is 1.46. The number of ether oxygens (including phenoxy) is 2. The molecule has 0 saturated carbocycles. The lowest BCUT2D eigenvalue weighted by molar-refractivity contribution is -0.123. The number of fused-ring (bicyclic) bond motifs is 2. The topological polar surface area (TPSA) is 76.1 Å². The van der Waals surface area contributed by atoms with Crippen LogP contribution in [0, 0.1) is 0 Å². The Morgan fingerprint density at radius 1 is 1.03 bits per heavy atom. The van der Waals surface area contributed by atoms with Crippen molar-refractivity contribution in [2.24, 2.45) is 0 Å². The van der Waals surface area contributed by atoms with E-state index in [2.05, 4.69) is 0 Å². The third-order valence-electron chi connectivity index (χ3n) is 5.61. The van der Waals surface area contributed by atoms with Gasteiger partial charge in [0.25, 0.3) is 0 Å². The molecule has 3 aliphatic heterocycles. The summed E-state index contributed by atoms with van der Waals surface area (Å²) >= 11 is 6.10. The van der Waals surface area contributed by atoms with Crippen molar-refractivity contribution in [1.82, 2.24) is 4.90 Å². The van der Waals surface area contributed by atoms with Gasteiger partial charge in [-0.2, -0.15) is 0 Å². The second-order valence-corrected chi connectivity index (χ2v) is 10.1. The van der Waals surface area contributed by atoms with Crippen molar-refractivity contribution in [3.05, 3.63) is 53.1 Å². The highest BCUT2D eigenvalue weighted by Gasteiger charge is 2.49. The standard InChI is InChI=1S/C20H19ClN2O5S/c21-14-2-1-3-15(7-14)23-17-11-29(25,26)10-16(17)22(9-20(23)24)8-13-4-5-18-19(6-13)28-12-27-18/h1-7,16-17H,8-12H2/t16-,17+/m1/s1. The van der Waals surface area contributed by atoms with Crippen LogP contribution < -0.4 is 14.4 Å². The minimum atomic E-state index is -3.25. The smallest absolute Gasteiger partial charge is 0.241 e. The van der Waals surface area contributed by atoms with Crippen molar-refractivity contribution < 1.29 is 22.7 Å². The normalized spacial score (nSPS) is 25.3. The Morgan fingerprint density at radius 2 is 1.83 bits per heavy atom. The maximum Gasteiger partial charge on any atom is 0.241 e. The van der Waals surface area contributed by atoms with Gasteiger partial charge in [-0.3, -0.25) is 9.69 Å². The summed E-state index contributed by atoms with van der Waals surface area (Å²) in [7, 11) is -3.25. The van der Waals surface area contributed by atoms with Crippen molar-refractivity contribution in [2.45, 2.75) is 18.6 Å². The molecule has 9 heteroatoms. The zero-order valence-corrected chi connectivity index (χ0v) is 17.0. The van der Waals surface area contributed by atoms with Crippen molar-refractivity contribution in [3.63, 3.8) is 0 Å². The SMILES string of the molecule is O=C1CN(Cc2ccc3c(c2)OCO3)[C@@H]2CS(=O)(=O)C[C@@H]2N1c1cccc(Cl)c1. The number of carbonyl (C=O) groups excluding carboxylic acids is 1. The maximum atomic E-state index is 13.0. The lowest BCUT2D eigenvalue weighted by Crippen LogP contribution is -2.61. The monoisotopic (exact) mass is 434 g/mol. The van der Waals surface area contributed by atoms with Crippen LogP contribution in [0.4, 0.5) is 5.69 Å². The van der Waals surface area contributed by atoms with E-state index in [0.29, 0.717) is 28.8 Å². The first-order chi connectivity index (χ1) is 13.9. The first kappa shape index (κ1) is 18.7. The van der Waals surface area contributed by atoms with Gasteiger partial charge in [-0.05, 0) is 35.9 Å². The molecule has 152 valence electrons. The summed E-state index contributed by atoms with van der Waals surface area (Å²) in [6.07, 6.45) is 0. The van der Waals surface area contributed by atoms with E-state index >= 15 is 0 Å². The predicted molar refractivity (Wildman–Crippen MR) is 108 cm³/mol. The number of halogens is 1. The fourth-order valence-electron chi connectivity index (χ4n) is 4.37. The molecular weight excluding hydrogens is 416 g/mol. The molecule has 0 bridgehead atoms. The van der Waals surface area contributed by atoms with Crippen molar-refractivity contribution in [3.8, 4) is 11.5 Å². The highest BCUT2D eigenvalue weighted by Crippen LogP contribution is 2.36. The van der Waals surface area contributed by atoms with Crippen molar-refractivity contribution in [1.29, 1.82) is 0 Å². The fourth-order valence-corrected chi connectivity index (χ4v) is 6.53. The Kier molecular flexibility index (Phi) is 4.45. The van der Waals surface area contributed by atoms with Crippen LogP contribution in [0.2, 0.25) is 5.02 Å². The lowest BCUT2D eigenvalue weighted by Gasteiger charge is -2.43. The zero-order chi connectivity index (χ0) is 20.2. The number of sulfone groups is 1. The molecule has 0 radical (unpaired) electrons. The molecule has 0 unspecified atom stereocenters. The molecule has 1 amide bonds. The third kappa shape index (κ3) is 3.45. The van der Waals surface area contributed by atoms with Crippen LogP contribution >= 0.6 is 11.6 Å². The van der Waals surface area contributed by atoms with E-state index in [-0.39, 0.29) is 36.8 Å². The minimum Gasteiger partial charge on any atom is -0.454 e. The molecule has 0 spiro atoms. The second-order valence-electron chi connectivity index (χ2n) is 7.55. The Hall–Kier alpha value is -2.29.